The highest BCUT2D eigenvalue weighted by molar-refractivity contribution is 5.86. The molecule has 0 aliphatic heterocycles. The van der Waals surface area contributed by atoms with Crippen LogP contribution in [0.1, 0.15) is 18.2 Å². The molecule has 1 unspecified atom stereocenters. The molecular weight excluding hydrogens is 276 g/mol. The third-order valence-electron chi connectivity index (χ3n) is 3.14. The predicted molar refractivity (Wildman–Crippen MR) is 80.4 cm³/mol. The molecule has 0 saturated carbocycles. The second kappa shape index (κ2) is 6.59. The van der Waals surface area contributed by atoms with Crippen LogP contribution in [-0.2, 0) is 16.9 Å². The Morgan fingerprint density at radius 1 is 1.25 bits per heavy atom. The summed E-state index contributed by atoms with van der Waals surface area (Å²) in [5.74, 6) is 0.592. The van der Waals surface area contributed by atoms with E-state index in [4.69, 9.17) is 10.2 Å². The van der Waals surface area contributed by atoms with Gasteiger partial charge in [0.2, 0.25) is 5.91 Å². The van der Waals surface area contributed by atoms with Crippen molar-refractivity contribution in [2.45, 2.75) is 19.0 Å². The predicted octanol–water partition coefficient (Wildman–Crippen LogP) is 2.53. The Hall–Kier alpha value is -1.78. The highest BCUT2D eigenvalue weighted by Gasteiger charge is 2.33. The average molecular weight is 295 g/mol. The summed E-state index contributed by atoms with van der Waals surface area (Å²) in [6, 6.07) is 13.0. The summed E-state index contributed by atoms with van der Waals surface area (Å²) in [7, 11) is 1.72. The number of carbonyl (C=O) groups is 1. The third-order valence-corrected chi connectivity index (χ3v) is 3.14. The first-order chi connectivity index (χ1) is 9.01. The lowest BCUT2D eigenvalue weighted by atomic mass is 9.92. The standard InChI is InChI=1S/C15H18N2O2.ClH/c1-15(16,12-7-4-3-5-8-12)14(18)17(2)11-13-9-6-10-19-13;/h3-10H,11,16H2,1-2H3;1H. The van der Waals surface area contributed by atoms with Gasteiger partial charge in [-0.25, -0.2) is 0 Å². The van der Waals surface area contributed by atoms with Gasteiger partial charge in [-0.05, 0) is 24.6 Å². The molecule has 0 spiro atoms. The summed E-state index contributed by atoms with van der Waals surface area (Å²) in [5.41, 5.74) is 5.95. The molecule has 0 aliphatic carbocycles. The fraction of sp³-hybridized carbons (Fsp3) is 0.267. The monoisotopic (exact) mass is 294 g/mol. The summed E-state index contributed by atoms with van der Waals surface area (Å²) >= 11 is 0. The van der Waals surface area contributed by atoms with Crippen molar-refractivity contribution in [2.75, 3.05) is 7.05 Å². The van der Waals surface area contributed by atoms with Gasteiger partial charge >= 0.3 is 0 Å². The van der Waals surface area contributed by atoms with E-state index in [0.29, 0.717) is 6.54 Å². The van der Waals surface area contributed by atoms with Crippen LogP contribution in [0.15, 0.2) is 53.1 Å². The van der Waals surface area contributed by atoms with E-state index >= 15 is 0 Å². The van der Waals surface area contributed by atoms with E-state index in [1.54, 1.807) is 31.2 Å². The van der Waals surface area contributed by atoms with Crippen LogP contribution in [0, 0.1) is 0 Å². The SMILES string of the molecule is CN(Cc1ccco1)C(=O)C(C)(N)c1ccccc1.Cl. The molecule has 0 bridgehead atoms. The highest BCUT2D eigenvalue weighted by Crippen LogP contribution is 2.20. The lowest BCUT2D eigenvalue weighted by Gasteiger charge is -2.29. The Labute approximate surface area is 125 Å². The van der Waals surface area contributed by atoms with E-state index in [0.717, 1.165) is 11.3 Å². The number of amides is 1. The lowest BCUT2D eigenvalue weighted by molar-refractivity contribution is -0.136. The number of hydrogen-bond acceptors (Lipinski definition) is 3. The molecule has 0 radical (unpaired) electrons. The normalized spacial score (nSPS) is 13.2. The van der Waals surface area contributed by atoms with E-state index in [-0.39, 0.29) is 18.3 Å². The topological polar surface area (TPSA) is 59.5 Å². The van der Waals surface area contributed by atoms with Crippen molar-refractivity contribution in [3.8, 4) is 0 Å². The maximum Gasteiger partial charge on any atom is 0.247 e. The first kappa shape index (κ1) is 16.3. The van der Waals surface area contributed by atoms with Crippen molar-refractivity contribution >= 4 is 18.3 Å². The summed E-state index contributed by atoms with van der Waals surface area (Å²) in [6.07, 6.45) is 1.59. The van der Waals surface area contributed by atoms with Gasteiger partial charge in [0.1, 0.15) is 11.3 Å². The molecule has 108 valence electrons. The lowest BCUT2D eigenvalue weighted by Crippen LogP contribution is -2.49. The molecule has 1 heterocycles. The van der Waals surface area contributed by atoms with Crippen LogP contribution in [-0.4, -0.2) is 17.9 Å². The number of furan rings is 1. The van der Waals surface area contributed by atoms with E-state index in [9.17, 15) is 4.79 Å². The van der Waals surface area contributed by atoms with Crippen LogP contribution in [0.5, 0.6) is 0 Å². The van der Waals surface area contributed by atoms with Crippen LogP contribution in [0.25, 0.3) is 0 Å². The minimum Gasteiger partial charge on any atom is -0.467 e. The quantitative estimate of drug-likeness (QED) is 0.942. The van der Waals surface area contributed by atoms with Crippen molar-refractivity contribution < 1.29 is 9.21 Å². The van der Waals surface area contributed by atoms with Crippen molar-refractivity contribution in [3.05, 3.63) is 60.1 Å². The van der Waals surface area contributed by atoms with E-state index in [1.165, 1.54) is 0 Å². The molecule has 4 nitrogen and oxygen atoms in total. The van der Waals surface area contributed by atoms with Gasteiger partial charge in [0.05, 0.1) is 12.8 Å². The zero-order chi connectivity index (χ0) is 13.9. The molecule has 0 saturated heterocycles. The van der Waals surface area contributed by atoms with Gasteiger partial charge in [0.15, 0.2) is 0 Å². The first-order valence-electron chi connectivity index (χ1n) is 6.14. The van der Waals surface area contributed by atoms with E-state index in [1.807, 2.05) is 36.4 Å². The molecule has 2 rings (SSSR count). The second-order valence-electron chi connectivity index (χ2n) is 4.81. The van der Waals surface area contributed by atoms with Gasteiger partial charge in [0.25, 0.3) is 0 Å². The van der Waals surface area contributed by atoms with Crippen molar-refractivity contribution in [2.24, 2.45) is 5.73 Å². The summed E-state index contributed by atoms with van der Waals surface area (Å²) in [6.45, 7) is 2.13. The van der Waals surface area contributed by atoms with Crippen molar-refractivity contribution in [1.29, 1.82) is 0 Å². The summed E-state index contributed by atoms with van der Waals surface area (Å²) in [4.78, 5) is 14.0. The molecule has 5 heteroatoms. The molecule has 0 fully saturated rings. The summed E-state index contributed by atoms with van der Waals surface area (Å²) < 4.78 is 5.24. The fourth-order valence-electron chi connectivity index (χ4n) is 2.01. The zero-order valence-corrected chi connectivity index (χ0v) is 12.4. The average Bonchev–Trinajstić information content (AvgIpc) is 2.91. The number of rotatable bonds is 4. The first-order valence-corrected chi connectivity index (χ1v) is 6.14. The second-order valence-corrected chi connectivity index (χ2v) is 4.81. The minimum atomic E-state index is -1.04. The highest BCUT2D eigenvalue weighted by atomic mass is 35.5. The van der Waals surface area contributed by atoms with Gasteiger partial charge in [0, 0.05) is 7.05 Å². The number of nitrogens with two attached hydrogens (primary N) is 1. The Kier molecular flexibility index (Phi) is 5.36. The number of carbonyl (C=O) groups excluding carboxylic acids is 1. The van der Waals surface area contributed by atoms with E-state index in [2.05, 4.69) is 0 Å². The van der Waals surface area contributed by atoms with Crippen LogP contribution in [0.4, 0.5) is 0 Å². The number of nitrogens with zero attached hydrogens (tertiary/aromatic N) is 1. The largest absolute Gasteiger partial charge is 0.467 e. The number of hydrogen-bond donors (Lipinski definition) is 1. The maximum atomic E-state index is 12.5. The van der Waals surface area contributed by atoms with E-state index < -0.39 is 5.54 Å². The molecule has 1 amide bonds. The van der Waals surface area contributed by atoms with Crippen molar-refractivity contribution in [3.63, 3.8) is 0 Å². The van der Waals surface area contributed by atoms with Gasteiger partial charge < -0.3 is 15.1 Å². The van der Waals surface area contributed by atoms with Crippen LogP contribution in [0.3, 0.4) is 0 Å². The maximum absolute atomic E-state index is 12.5. The third kappa shape index (κ3) is 3.40. The minimum absolute atomic E-state index is 0. The molecular formula is C15H19ClN2O2. The fourth-order valence-corrected chi connectivity index (χ4v) is 2.01. The Morgan fingerprint density at radius 3 is 2.45 bits per heavy atom. The molecule has 1 aromatic carbocycles. The van der Waals surface area contributed by atoms with Crippen molar-refractivity contribution in [1.82, 2.24) is 4.90 Å². The number of likely N-dealkylation sites (N-methyl/N-ethyl adjacent to an activating group) is 1. The van der Waals surface area contributed by atoms with Gasteiger partial charge in [-0.1, -0.05) is 30.3 Å². The molecule has 2 aromatic rings. The number of halogens is 1. The van der Waals surface area contributed by atoms with Crippen LogP contribution in [0.2, 0.25) is 0 Å². The Morgan fingerprint density at radius 2 is 1.90 bits per heavy atom. The zero-order valence-electron chi connectivity index (χ0n) is 11.6. The molecule has 1 aromatic heterocycles. The van der Waals surface area contributed by atoms with Gasteiger partial charge in [-0.3, -0.25) is 4.79 Å². The molecule has 20 heavy (non-hydrogen) atoms. The van der Waals surface area contributed by atoms with Crippen LogP contribution < -0.4 is 5.73 Å². The van der Waals surface area contributed by atoms with Gasteiger partial charge in [-0.2, -0.15) is 0 Å². The molecule has 2 N–H and O–H groups in total. The molecule has 0 aliphatic rings. The molecule has 1 atom stereocenters. The summed E-state index contributed by atoms with van der Waals surface area (Å²) in [5, 5.41) is 0. The Balaban J connectivity index is 0.00000200. The smallest absolute Gasteiger partial charge is 0.247 e. The van der Waals surface area contributed by atoms with Crippen LogP contribution >= 0.6 is 12.4 Å². The Bertz CT molecular complexity index is 538. The van der Waals surface area contributed by atoms with Gasteiger partial charge in [-0.15, -0.1) is 12.4 Å². The number of benzene rings is 1.